The lowest BCUT2D eigenvalue weighted by Crippen LogP contribution is -2.12. The summed E-state index contributed by atoms with van der Waals surface area (Å²) in [7, 11) is 1.14. The highest BCUT2D eigenvalue weighted by Crippen LogP contribution is 2.36. The molecule has 1 aromatic carbocycles. The maximum Gasteiger partial charge on any atom is 0.449 e. The van der Waals surface area contributed by atoms with Gasteiger partial charge in [0.25, 0.3) is 0 Å². The molecule has 2 rings (SSSR count). The van der Waals surface area contributed by atoms with Gasteiger partial charge in [0.2, 0.25) is 5.82 Å². The predicted molar refractivity (Wildman–Crippen MR) is 55.1 cm³/mol. The minimum Gasteiger partial charge on any atom is -0.395 e. The number of benzene rings is 1. The monoisotopic (exact) mass is 267 g/mol. The van der Waals surface area contributed by atoms with Gasteiger partial charge in [-0.25, -0.2) is 9.37 Å². The van der Waals surface area contributed by atoms with Crippen LogP contribution in [0.4, 0.5) is 23.2 Å². The summed E-state index contributed by atoms with van der Waals surface area (Å²) in [5, 5.41) is -0.169. The van der Waals surface area contributed by atoms with E-state index < -0.39 is 23.5 Å². The van der Waals surface area contributed by atoms with E-state index in [1.807, 2.05) is 0 Å². The summed E-state index contributed by atoms with van der Waals surface area (Å²) in [4.78, 5) is 3.29. The number of nitrogen functional groups attached to an aromatic ring is 1. The van der Waals surface area contributed by atoms with E-state index in [1.165, 1.54) is 0 Å². The highest BCUT2D eigenvalue weighted by molar-refractivity contribution is 6.35. The number of anilines is 1. The predicted octanol–water partition coefficient (Wildman–Crippen LogP) is 2.97. The van der Waals surface area contributed by atoms with Gasteiger partial charge >= 0.3 is 6.18 Å². The molecule has 2 N–H and O–H groups in total. The zero-order chi connectivity index (χ0) is 13.0. The van der Waals surface area contributed by atoms with Crippen molar-refractivity contribution in [2.45, 2.75) is 6.18 Å². The first-order valence-corrected chi connectivity index (χ1v) is 4.78. The van der Waals surface area contributed by atoms with Crippen molar-refractivity contribution in [2.24, 2.45) is 7.05 Å². The Morgan fingerprint density at radius 3 is 2.53 bits per heavy atom. The van der Waals surface area contributed by atoms with E-state index in [0.717, 1.165) is 17.7 Å². The SMILES string of the molecule is Cn1c(C(F)(F)F)nc2c(N)c(F)cc(Cl)c21. The Balaban J connectivity index is 2.92. The molecule has 8 heteroatoms. The van der Waals surface area contributed by atoms with Crippen LogP contribution in [0.1, 0.15) is 5.82 Å². The first-order chi connectivity index (χ1) is 7.73. The molecule has 1 aromatic heterocycles. The second kappa shape index (κ2) is 3.49. The van der Waals surface area contributed by atoms with Gasteiger partial charge < -0.3 is 10.3 Å². The van der Waals surface area contributed by atoms with E-state index >= 15 is 0 Å². The number of aryl methyl sites for hydroxylation is 1. The molecule has 0 bridgehead atoms. The molecule has 0 spiro atoms. The molecule has 3 nitrogen and oxygen atoms in total. The Morgan fingerprint density at radius 1 is 1.41 bits per heavy atom. The second-order valence-corrected chi connectivity index (χ2v) is 3.85. The largest absolute Gasteiger partial charge is 0.449 e. The fourth-order valence-electron chi connectivity index (χ4n) is 1.58. The first-order valence-electron chi connectivity index (χ1n) is 4.40. The number of alkyl halides is 3. The van der Waals surface area contributed by atoms with Crippen LogP contribution in [0.5, 0.6) is 0 Å². The zero-order valence-electron chi connectivity index (χ0n) is 8.44. The van der Waals surface area contributed by atoms with E-state index in [1.54, 1.807) is 0 Å². The van der Waals surface area contributed by atoms with E-state index in [0.29, 0.717) is 0 Å². The van der Waals surface area contributed by atoms with Crippen LogP contribution in [-0.4, -0.2) is 9.55 Å². The molecule has 17 heavy (non-hydrogen) atoms. The highest BCUT2D eigenvalue weighted by atomic mass is 35.5. The smallest absolute Gasteiger partial charge is 0.395 e. The Morgan fingerprint density at radius 2 is 2.00 bits per heavy atom. The number of imidazole rings is 1. The molecule has 0 saturated carbocycles. The standard InChI is InChI=1S/C9H6ClF4N3/c1-17-7-3(10)2-4(11)5(15)6(7)16-8(17)9(12,13)14/h2H,15H2,1H3. The summed E-state index contributed by atoms with van der Waals surface area (Å²) in [6, 6.07) is 0.862. The lowest BCUT2D eigenvalue weighted by Gasteiger charge is -2.06. The normalized spacial score (nSPS) is 12.4. The fraction of sp³-hybridized carbons (Fsp3) is 0.222. The first kappa shape index (κ1) is 12.0. The molecular formula is C9H6ClF4N3. The van der Waals surface area contributed by atoms with Crippen molar-refractivity contribution in [3.05, 3.63) is 22.7 Å². The van der Waals surface area contributed by atoms with Crippen molar-refractivity contribution >= 4 is 28.3 Å². The Kier molecular flexibility index (Phi) is 2.46. The number of fused-ring (bicyclic) bond motifs is 1. The van der Waals surface area contributed by atoms with Crippen molar-refractivity contribution in [1.29, 1.82) is 0 Å². The van der Waals surface area contributed by atoms with Crippen LogP contribution >= 0.6 is 11.6 Å². The minimum atomic E-state index is -4.65. The molecule has 2 aromatic rings. The lowest BCUT2D eigenvalue weighted by molar-refractivity contribution is -0.146. The lowest BCUT2D eigenvalue weighted by atomic mass is 10.2. The molecule has 0 amide bonds. The molecular weight excluding hydrogens is 262 g/mol. The molecule has 0 saturated heterocycles. The number of hydrogen-bond donors (Lipinski definition) is 1. The van der Waals surface area contributed by atoms with E-state index in [4.69, 9.17) is 17.3 Å². The number of aromatic nitrogens is 2. The highest BCUT2D eigenvalue weighted by Gasteiger charge is 2.37. The maximum absolute atomic E-state index is 13.2. The number of nitrogens with zero attached hydrogens (tertiary/aromatic N) is 2. The van der Waals surface area contributed by atoms with Gasteiger partial charge in [0.15, 0.2) is 0 Å². The summed E-state index contributed by atoms with van der Waals surface area (Å²) >= 11 is 5.68. The molecule has 0 unspecified atom stereocenters. The molecule has 0 atom stereocenters. The van der Waals surface area contributed by atoms with Crippen LogP contribution in [0.15, 0.2) is 6.07 Å². The van der Waals surface area contributed by atoms with Crippen LogP contribution in [0.2, 0.25) is 5.02 Å². The molecule has 92 valence electrons. The van der Waals surface area contributed by atoms with Crippen molar-refractivity contribution in [3.8, 4) is 0 Å². The fourth-order valence-corrected chi connectivity index (χ4v) is 1.90. The van der Waals surface area contributed by atoms with Crippen LogP contribution in [0, 0.1) is 5.82 Å². The summed E-state index contributed by atoms with van der Waals surface area (Å²) in [5.41, 5.74) is 4.56. The van der Waals surface area contributed by atoms with Gasteiger partial charge in [0.05, 0.1) is 16.2 Å². The quantitative estimate of drug-likeness (QED) is 0.589. The second-order valence-electron chi connectivity index (χ2n) is 3.44. The summed E-state index contributed by atoms with van der Waals surface area (Å²) < 4.78 is 51.7. The molecule has 0 aliphatic rings. The number of nitrogens with two attached hydrogens (primary N) is 1. The maximum atomic E-state index is 13.2. The topological polar surface area (TPSA) is 43.8 Å². The van der Waals surface area contributed by atoms with Crippen molar-refractivity contribution in [1.82, 2.24) is 9.55 Å². The van der Waals surface area contributed by atoms with Crippen molar-refractivity contribution in [3.63, 3.8) is 0 Å². The van der Waals surface area contributed by atoms with Gasteiger partial charge in [-0.3, -0.25) is 0 Å². The van der Waals surface area contributed by atoms with Crippen LogP contribution in [-0.2, 0) is 13.2 Å². The van der Waals surface area contributed by atoms with Gasteiger partial charge in [-0.1, -0.05) is 11.6 Å². The van der Waals surface area contributed by atoms with E-state index in [-0.39, 0.29) is 16.1 Å². The van der Waals surface area contributed by atoms with Crippen LogP contribution < -0.4 is 5.73 Å². The van der Waals surface area contributed by atoms with Crippen molar-refractivity contribution < 1.29 is 17.6 Å². The van der Waals surface area contributed by atoms with Gasteiger partial charge in [0, 0.05) is 7.05 Å². The summed E-state index contributed by atoms with van der Waals surface area (Å²) in [6.07, 6.45) is -4.65. The number of rotatable bonds is 0. The van der Waals surface area contributed by atoms with E-state index in [2.05, 4.69) is 4.98 Å². The Bertz CT molecular complexity index is 603. The van der Waals surface area contributed by atoms with Crippen LogP contribution in [0.3, 0.4) is 0 Å². The van der Waals surface area contributed by atoms with Crippen molar-refractivity contribution in [2.75, 3.05) is 5.73 Å². The average molecular weight is 268 g/mol. The Hall–Kier alpha value is -1.50. The zero-order valence-corrected chi connectivity index (χ0v) is 9.19. The van der Waals surface area contributed by atoms with Gasteiger partial charge in [0.1, 0.15) is 11.3 Å². The Labute approximate surface area is 97.8 Å². The molecule has 0 fully saturated rings. The van der Waals surface area contributed by atoms with Gasteiger partial charge in [-0.15, -0.1) is 0 Å². The molecule has 1 heterocycles. The molecule has 0 radical (unpaired) electrons. The molecule has 0 aliphatic heterocycles. The van der Waals surface area contributed by atoms with Gasteiger partial charge in [-0.2, -0.15) is 13.2 Å². The van der Waals surface area contributed by atoms with Gasteiger partial charge in [-0.05, 0) is 6.07 Å². The average Bonchev–Trinajstić information content (AvgIpc) is 2.52. The summed E-state index contributed by atoms with van der Waals surface area (Å²) in [6.45, 7) is 0. The molecule has 0 aliphatic carbocycles. The number of halogens is 5. The third-order valence-corrected chi connectivity index (χ3v) is 2.63. The third kappa shape index (κ3) is 1.70. The third-order valence-electron chi connectivity index (χ3n) is 2.34. The van der Waals surface area contributed by atoms with Crippen LogP contribution in [0.25, 0.3) is 11.0 Å². The minimum absolute atomic E-state index is 0.0436. The summed E-state index contributed by atoms with van der Waals surface area (Å²) in [5.74, 6) is -2.07. The van der Waals surface area contributed by atoms with E-state index in [9.17, 15) is 17.6 Å². The number of hydrogen-bond acceptors (Lipinski definition) is 2.